The molecule has 1 heterocycles. The molecular weight excluding hydrogens is 281 g/mol. The first-order chi connectivity index (χ1) is 10.0. The lowest BCUT2D eigenvalue weighted by atomic mass is 10.1. The van der Waals surface area contributed by atoms with Crippen molar-refractivity contribution in [3.63, 3.8) is 0 Å². The summed E-state index contributed by atoms with van der Waals surface area (Å²) in [6.45, 7) is 0.627. The summed E-state index contributed by atoms with van der Waals surface area (Å²) < 4.78 is 24.2. The van der Waals surface area contributed by atoms with Gasteiger partial charge < -0.3 is 19.5 Å². The number of halogens is 1. The fourth-order valence-electron chi connectivity index (χ4n) is 2.32. The van der Waals surface area contributed by atoms with Gasteiger partial charge in [0.05, 0.1) is 32.8 Å². The largest absolute Gasteiger partial charge is 0.496 e. The average Bonchev–Trinajstić information content (AvgIpc) is 2.46. The van der Waals surface area contributed by atoms with E-state index in [1.165, 1.54) is 30.2 Å². The zero-order valence-corrected chi connectivity index (χ0v) is 11.5. The molecule has 21 heavy (non-hydrogen) atoms. The standard InChI is InChI=1S/C14H16FNO5/c1-20-11-4-2-3-10(15)13(11)14(19)16-5-6-21-8-9(16)7-12(17)18/h2-4,9H,5-8H2,1H3,(H,17,18). The lowest BCUT2D eigenvalue weighted by molar-refractivity contribution is -0.139. The molecule has 0 saturated carbocycles. The first-order valence-corrected chi connectivity index (χ1v) is 6.47. The fourth-order valence-corrected chi connectivity index (χ4v) is 2.32. The highest BCUT2D eigenvalue weighted by atomic mass is 19.1. The van der Waals surface area contributed by atoms with Crippen LogP contribution in [0.4, 0.5) is 4.39 Å². The second kappa shape index (κ2) is 6.53. The number of carbonyl (C=O) groups excluding carboxylic acids is 1. The monoisotopic (exact) mass is 297 g/mol. The van der Waals surface area contributed by atoms with Crippen LogP contribution in [0.3, 0.4) is 0 Å². The number of hydrogen-bond donors (Lipinski definition) is 1. The van der Waals surface area contributed by atoms with Crippen LogP contribution in [-0.2, 0) is 9.53 Å². The van der Waals surface area contributed by atoms with Crippen molar-refractivity contribution in [3.05, 3.63) is 29.6 Å². The van der Waals surface area contributed by atoms with Gasteiger partial charge >= 0.3 is 5.97 Å². The highest BCUT2D eigenvalue weighted by Gasteiger charge is 2.32. The molecule has 1 aliphatic rings. The molecule has 0 aliphatic carbocycles. The highest BCUT2D eigenvalue weighted by molar-refractivity contribution is 5.97. The van der Waals surface area contributed by atoms with E-state index in [9.17, 15) is 14.0 Å². The van der Waals surface area contributed by atoms with Crippen molar-refractivity contribution in [2.75, 3.05) is 26.9 Å². The molecule has 0 aromatic heterocycles. The van der Waals surface area contributed by atoms with E-state index in [1.54, 1.807) is 0 Å². The van der Waals surface area contributed by atoms with Crippen LogP contribution in [-0.4, -0.2) is 54.8 Å². The number of ether oxygens (including phenoxy) is 2. The number of benzene rings is 1. The Morgan fingerprint density at radius 1 is 1.52 bits per heavy atom. The van der Waals surface area contributed by atoms with E-state index in [4.69, 9.17) is 14.6 Å². The van der Waals surface area contributed by atoms with Gasteiger partial charge in [-0.15, -0.1) is 0 Å². The van der Waals surface area contributed by atoms with E-state index < -0.39 is 23.7 Å². The minimum atomic E-state index is -1.04. The van der Waals surface area contributed by atoms with Crippen LogP contribution in [0.1, 0.15) is 16.8 Å². The maximum atomic E-state index is 14.0. The molecular formula is C14H16FNO5. The maximum Gasteiger partial charge on any atom is 0.305 e. The van der Waals surface area contributed by atoms with E-state index in [2.05, 4.69) is 0 Å². The van der Waals surface area contributed by atoms with Crippen molar-refractivity contribution in [2.45, 2.75) is 12.5 Å². The minimum Gasteiger partial charge on any atom is -0.496 e. The van der Waals surface area contributed by atoms with Crippen molar-refractivity contribution in [2.24, 2.45) is 0 Å². The van der Waals surface area contributed by atoms with Gasteiger partial charge in [0.15, 0.2) is 0 Å². The quantitative estimate of drug-likeness (QED) is 0.902. The van der Waals surface area contributed by atoms with Crippen molar-refractivity contribution in [3.8, 4) is 5.75 Å². The number of aliphatic carboxylic acids is 1. The van der Waals surface area contributed by atoms with E-state index in [1.807, 2.05) is 0 Å². The van der Waals surface area contributed by atoms with Crippen LogP contribution in [0.2, 0.25) is 0 Å². The van der Waals surface area contributed by atoms with E-state index in [-0.39, 0.29) is 30.9 Å². The number of hydrogen-bond acceptors (Lipinski definition) is 4. The molecule has 1 N–H and O–H groups in total. The molecule has 1 saturated heterocycles. The molecule has 1 aromatic rings. The zero-order chi connectivity index (χ0) is 15.4. The molecule has 0 spiro atoms. The molecule has 1 unspecified atom stereocenters. The first-order valence-electron chi connectivity index (χ1n) is 6.47. The van der Waals surface area contributed by atoms with Gasteiger partial charge in [-0.2, -0.15) is 0 Å². The van der Waals surface area contributed by atoms with Crippen LogP contribution in [0.15, 0.2) is 18.2 Å². The lowest BCUT2D eigenvalue weighted by Gasteiger charge is -2.35. The number of morpholine rings is 1. The van der Waals surface area contributed by atoms with E-state index >= 15 is 0 Å². The predicted octanol–water partition coefficient (Wildman–Crippen LogP) is 1.15. The molecule has 6 nitrogen and oxygen atoms in total. The summed E-state index contributed by atoms with van der Waals surface area (Å²) in [6.07, 6.45) is -0.248. The van der Waals surface area contributed by atoms with Gasteiger partial charge in [-0.05, 0) is 12.1 Å². The average molecular weight is 297 g/mol. The van der Waals surface area contributed by atoms with Crippen molar-refractivity contribution in [1.82, 2.24) is 4.90 Å². The third-order valence-electron chi connectivity index (χ3n) is 3.31. The first kappa shape index (κ1) is 15.2. The fraction of sp³-hybridized carbons (Fsp3) is 0.429. The minimum absolute atomic E-state index is 0.120. The molecule has 7 heteroatoms. The number of carbonyl (C=O) groups is 2. The van der Waals surface area contributed by atoms with Crippen molar-refractivity contribution < 1.29 is 28.6 Å². The Kier molecular flexibility index (Phi) is 4.74. The van der Waals surface area contributed by atoms with Crippen LogP contribution in [0, 0.1) is 5.82 Å². The van der Waals surface area contributed by atoms with Crippen LogP contribution >= 0.6 is 0 Å². The third kappa shape index (κ3) is 3.30. The maximum absolute atomic E-state index is 14.0. The van der Waals surface area contributed by atoms with Crippen molar-refractivity contribution >= 4 is 11.9 Å². The second-order valence-electron chi connectivity index (χ2n) is 4.64. The van der Waals surface area contributed by atoms with Gasteiger partial charge in [0.25, 0.3) is 5.91 Å². The van der Waals surface area contributed by atoms with Crippen LogP contribution in [0.5, 0.6) is 5.75 Å². The molecule has 1 aromatic carbocycles. The lowest BCUT2D eigenvalue weighted by Crippen LogP contribution is -2.49. The Morgan fingerprint density at radius 2 is 2.29 bits per heavy atom. The number of methoxy groups -OCH3 is 1. The Bertz CT molecular complexity index is 548. The van der Waals surface area contributed by atoms with Crippen LogP contribution in [0.25, 0.3) is 0 Å². The molecule has 1 amide bonds. The zero-order valence-electron chi connectivity index (χ0n) is 11.5. The topological polar surface area (TPSA) is 76.1 Å². The summed E-state index contributed by atoms with van der Waals surface area (Å²) in [6, 6.07) is 3.48. The van der Waals surface area contributed by atoms with Gasteiger partial charge in [-0.3, -0.25) is 9.59 Å². The Morgan fingerprint density at radius 3 is 2.95 bits per heavy atom. The SMILES string of the molecule is COc1cccc(F)c1C(=O)N1CCOCC1CC(=O)O. The van der Waals surface area contributed by atoms with E-state index in [0.717, 1.165) is 0 Å². The number of amides is 1. The third-order valence-corrected chi connectivity index (χ3v) is 3.31. The predicted molar refractivity (Wildman–Crippen MR) is 70.8 cm³/mol. The molecule has 1 aliphatic heterocycles. The van der Waals surface area contributed by atoms with Gasteiger partial charge in [0.2, 0.25) is 0 Å². The summed E-state index contributed by atoms with van der Waals surface area (Å²) in [4.78, 5) is 24.8. The molecule has 2 rings (SSSR count). The normalized spacial score (nSPS) is 18.4. The second-order valence-corrected chi connectivity index (χ2v) is 4.64. The molecule has 114 valence electrons. The molecule has 1 atom stereocenters. The van der Waals surface area contributed by atoms with Gasteiger partial charge in [0.1, 0.15) is 17.1 Å². The number of nitrogens with zero attached hydrogens (tertiary/aromatic N) is 1. The molecule has 1 fully saturated rings. The Labute approximate surface area is 121 Å². The van der Waals surface area contributed by atoms with Gasteiger partial charge in [-0.25, -0.2) is 4.39 Å². The molecule has 0 bridgehead atoms. The van der Waals surface area contributed by atoms with Crippen molar-refractivity contribution in [1.29, 1.82) is 0 Å². The smallest absolute Gasteiger partial charge is 0.305 e. The van der Waals surface area contributed by atoms with Gasteiger partial charge in [-0.1, -0.05) is 6.07 Å². The summed E-state index contributed by atoms with van der Waals surface area (Å²) in [5.74, 6) is -2.19. The van der Waals surface area contributed by atoms with E-state index in [0.29, 0.717) is 6.61 Å². The van der Waals surface area contributed by atoms with Crippen LogP contribution < -0.4 is 4.74 Å². The summed E-state index contributed by atoms with van der Waals surface area (Å²) in [7, 11) is 1.35. The highest BCUT2D eigenvalue weighted by Crippen LogP contribution is 2.25. The Balaban J connectivity index is 2.31. The Hall–Kier alpha value is -2.15. The molecule has 0 radical (unpaired) electrons. The van der Waals surface area contributed by atoms with Gasteiger partial charge in [0, 0.05) is 6.54 Å². The summed E-state index contributed by atoms with van der Waals surface area (Å²) in [5.41, 5.74) is -0.183. The summed E-state index contributed by atoms with van der Waals surface area (Å²) >= 11 is 0. The summed E-state index contributed by atoms with van der Waals surface area (Å²) in [5, 5.41) is 8.90. The number of rotatable bonds is 4. The number of carboxylic acids is 1. The number of carboxylic acid groups (broad SMARTS) is 1.